The SMILES string of the molecule is C=CC(=O)Nc1ccc(F)c(-n2c(=O)c(Cc3cccnc3)cc3cnc(Nc4ccc(C)cc4)nc32)c1. The maximum absolute atomic E-state index is 15.3. The molecule has 3 heterocycles. The van der Waals surface area contributed by atoms with E-state index < -0.39 is 17.3 Å². The standard InChI is InChI=1S/C29H23FN6O2/c1-3-26(37)33-23-10-11-24(30)25(15-23)36-27-21(14-20(28(36)38)13-19-5-4-12-31-16-19)17-32-29(35-27)34-22-8-6-18(2)7-9-22/h3-12,14-17H,1,13H2,2H3,(H,33,37)(H,32,34,35). The highest BCUT2D eigenvalue weighted by atomic mass is 19.1. The average molecular weight is 507 g/mol. The highest BCUT2D eigenvalue weighted by Crippen LogP contribution is 2.24. The number of nitrogens with zero attached hydrogens (tertiary/aromatic N) is 4. The van der Waals surface area contributed by atoms with Gasteiger partial charge in [0.15, 0.2) is 5.65 Å². The molecule has 0 radical (unpaired) electrons. The van der Waals surface area contributed by atoms with Crippen molar-refractivity contribution < 1.29 is 9.18 Å². The Morgan fingerprint density at radius 3 is 2.61 bits per heavy atom. The molecule has 0 aliphatic rings. The van der Waals surface area contributed by atoms with Crippen molar-refractivity contribution in [2.24, 2.45) is 0 Å². The molecule has 8 nitrogen and oxygen atoms in total. The van der Waals surface area contributed by atoms with Crippen molar-refractivity contribution in [1.29, 1.82) is 0 Å². The van der Waals surface area contributed by atoms with Gasteiger partial charge in [-0.25, -0.2) is 9.37 Å². The Balaban J connectivity index is 1.69. The molecule has 9 heteroatoms. The monoisotopic (exact) mass is 506 g/mol. The Morgan fingerprint density at radius 2 is 1.87 bits per heavy atom. The van der Waals surface area contributed by atoms with Crippen LogP contribution in [0.25, 0.3) is 16.7 Å². The minimum absolute atomic E-state index is 0.0603. The van der Waals surface area contributed by atoms with Crippen LogP contribution in [0.1, 0.15) is 16.7 Å². The van der Waals surface area contributed by atoms with Gasteiger partial charge in [0.2, 0.25) is 11.9 Å². The second-order valence-electron chi connectivity index (χ2n) is 8.67. The summed E-state index contributed by atoms with van der Waals surface area (Å²) in [4.78, 5) is 38.8. The molecule has 0 aliphatic heterocycles. The fourth-order valence-corrected chi connectivity index (χ4v) is 4.01. The van der Waals surface area contributed by atoms with Crippen molar-refractivity contribution >= 4 is 34.3 Å². The molecule has 5 rings (SSSR count). The molecule has 0 unspecified atom stereocenters. The van der Waals surface area contributed by atoms with Crippen LogP contribution in [-0.2, 0) is 11.2 Å². The molecule has 3 aromatic heterocycles. The molecule has 38 heavy (non-hydrogen) atoms. The maximum atomic E-state index is 15.3. The van der Waals surface area contributed by atoms with E-state index >= 15 is 4.39 Å². The molecule has 2 N–H and O–H groups in total. The maximum Gasteiger partial charge on any atom is 0.260 e. The smallest absolute Gasteiger partial charge is 0.260 e. The molecular weight excluding hydrogens is 483 g/mol. The topological polar surface area (TPSA) is 102 Å². The number of pyridine rings is 2. The van der Waals surface area contributed by atoms with Crippen LogP contribution in [0.4, 0.5) is 21.7 Å². The Hall–Kier alpha value is -5.18. The first-order valence-corrected chi connectivity index (χ1v) is 11.8. The first kappa shape index (κ1) is 24.5. The number of carbonyl (C=O) groups excluding carboxylic acids is 1. The second kappa shape index (κ2) is 10.4. The Bertz CT molecular complexity index is 1720. The molecule has 0 bridgehead atoms. The molecular formula is C29H23FN6O2. The van der Waals surface area contributed by atoms with E-state index in [1.165, 1.54) is 22.8 Å². The van der Waals surface area contributed by atoms with Gasteiger partial charge in [0.25, 0.3) is 5.56 Å². The summed E-state index contributed by atoms with van der Waals surface area (Å²) < 4.78 is 16.5. The first-order valence-electron chi connectivity index (χ1n) is 11.8. The molecule has 0 atom stereocenters. The zero-order valence-electron chi connectivity index (χ0n) is 20.5. The number of hydrogen-bond acceptors (Lipinski definition) is 6. The zero-order chi connectivity index (χ0) is 26.6. The van der Waals surface area contributed by atoms with Crippen LogP contribution < -0.4 is 16.2 Å². The highest BCUT2D eigenvalue weighted by Gasteiger charge is 2.18. The van der Waals surface area contributed by atoms with Gasteiger partial charge in [-0.1, -0.05) is 30.3 Å². The summed E-state index contributed by atoms with van der Waals surface area (Å²) in [5.74, 6) is -0.877. The van der Waals surface area contributed by atoms with Gasteiger partial charge in [0.1, 0.15) is 5.82 Å². The van der Waals surface area contributed by atoms with Crippen LogP contribution in [0.3, 0.4) is 0 Å². The van der Waals surface area contributed by atoms with Gasteiger partial charge in [0, 0.05) is 47.3 Å². The normalized spacial score (nSPS) is 10.8. The molecule has 2 aromatic carbocycles. The van der Waals surface area contributed by atoms with E-state index in [1.807, 2.05) is 37.3 Å². The molecule has 1 amide bonds. The van der Waals surface area contributed by atoms with E-state index in [0.29, 0.717) is 16.6 Å². The Kier molecular flexibility index (Phi) is 6.73. The van der Waals surface area contributed by atoms with Crippen LogP contribution in [-0.4, -0.2) is 25.4 Å². The lowest BCUT2D eigenvalue weighted by molar-refractivity contribution is -0.111. The Labute approximate surface area is 217 Å². The van der Waals surface area contributed by atoms with Gasteiger partial charge in [-0.15, -0.1) is 0 Å². The summed E-state index contributed by atoms with van der Waals surface area (Å²) >= 11 is 0. The number of benzene rings is 2. The molecule has 5 aromatic rings. The summed E-state index contributed by atoms with van der Waals surface area (Å²) in [6.07, 6.45) is 6.29. The van der Waals surface area contributed by atoms with E-state index in [1.54, 1.807) is 30.7 Å². The summed E-state index contributed by atoms with van der Waals surface area (Å²) in [7, 11) is 0. The van der Waals surface area contributed by atoms with Crippen LogP contribution in [0.2, 0.25) is 0 Å². The van der Waals surface area contributed by atoms with E-state index in [-0.39, 0.29) is 23.7 Å². The molecule has 0 aliphatic carbocycles. The number of aromatic nitrogens is 4. The van der Waals surface area contributed by atoms with Gasteiger partial charge in [-0.05, 0) is 61.0 Å². The van der Waals surface area contributed by atoms with E-state index in [2.05, 4.69) is 32.2 Å². The van der Waals surface area contributed by atoms with Gasteiger partial charge >= 0.3 is 0 Å². The largest absolute Gasteiger partial charge is 0.324 e. The third-order valence-electron chi connectivity index (χ3n) is 5.88. The number of carbonyl (C=O) groups is 1. The fourth-order valence-electron chi connectivity index (χ4n) is 4.01. The number of rotatable bonds is 7. The summed E-state index contributed by atoms with van der Waals surface area (Å²) in [6, 6.07) is 17.0. The minimum Gasteiger partial charge on any atom is -0.324 e. The highest BCUT2D eigenvalue weighted by molar-refractivity contribution is 5.99. The molecule has 0 saturated carbocycles. The number of amides is 1. The van der Waals surface area contributed by atoms with Crippen molar-refractivity contribution in [3.63, 3.8) is 0 Å². The van der Waals surface area contributed by atoms with Gasteiger partial charge in [-0.2, -0.15) is 4.98 Å². The number of aryl methyl sites for hydroxylation is 1. The molecule has 188 valence electrons. The van der Waals surface area contributed by atoms with E-state index in [9.17, 15) is 9.59 Å². The third-order valence-corrected chi connectivity index (χ3v) is 5.88. The third kappa shape index (κ3) is 5.17. The molecule has 0 fully saturated rings. The summed E-state index contributed by atoms with van der Waals surface area (Å²) in [6.45, 7) is 5.42. The number of nitrogens with one attached hydrogen (secondary N) is 2. The van der Waals surface area contributed by atoms with Crippen LogP contribution in [0.5, 0.6) is 0 Å². The molecule has 0 spiro atoms. The second-order valence-corrected chi connectivity index (χ2v) is 8.67. The van der Waals surface area contributed by atoms with Crippen LogP contribution in [0, 0.1) is 12.7 Å². The summed E-state index contributed by atoms with van der Waals surface area (Å²) in [5.41, 5.74) is 3.09. The lowest BCUT2D eigenvalue weighted by Gasteiger charge is -2.15. The predicted molar refractivity (Wildman–Crippen MR) is 145 cm³/mol. The van der Waals surface area contributed by atoms with Crippen molar-refractivity contribution in [2.45, 2.75) is 13.3 Å². The van der Waals surface area contributed by atoms with Gasteiger partial charge < -0.3 is 10.6 Å². The average Bonchev–Trinajstić information content (AvgIpc) is 2.92. The van der Waals surface area contributed by atoms with Crippen molar-refractivity contribution in [1.82, 2.24) is 19.5 Å². The quantitative estimate of drug-likeness (QED) is 0.299. The predicted octanol–water partition coefficient (Wildman–Crippen LogP) is 5.08. The van der Waals surface area contributed by atoms with Gasteiger partial charge in [-0.3, -0.25) is 19.1 Å². The van der Waals surface area contributed by atoms with Crippen molar-refractivity contribution in [3.05, 3.63) is 125 Å². The van der Waals surface area contributed by atoms with Crippen LogP contribution >= 0.6 is 0 Å². The zero-order valence-corrected chi connectivity index (χ0v) is 20.5. The van der Waals surface area contributed by atoms with Crippen molar-refractivity contribution in [3.8, 4) is 5.69 Å². The lowest BCUT2D eigenvalue weighted by Crippen LogP contribution is -2.25. The van der Waals surface area contributed by atoms with Crippen LogP contribution in [0.15, 0.2) is 96.7 Å². The lowest BCUT2D eigenvalue weighted by atomic mass is 10.1. The first-order chi connectivity index (χ1) is 18.4. The fraction of sp³-hybridized carbons (Fsp3) is 0.0690. The number of anilines is 3. The minimum atomic E-state index is -0.657. The summed E-state index contributed by atoms with van der Waals surface area (Å²) in [5, 5.41) is 6.27. The number of halogens is 1. The van der Waals surface area contributed by atoms with Crippen molar-refractivity contribution in [2.75, 3.05) is 10.6 Å². The Morgan fingerprint density at radius 1 is 1.08 bits per heavy atom. The number of fused-ring (bicyclic) bond motifs is 1. The van der Waals surface area contributed by atoms with E-state index in [0.717, 1.165) is 22.9 Å². The van der Waals surface area contributed by atoms with Gasteiger partial charge in [0.05, 0.1) is 5.69 Å². The van der Waals surface area contributed by atoms with E-state index in [4.69, 9.17) is 0 Å². The number of hydrogen-bond donors (Lipinski definition) is 2. The molecule has 0 saturated heterocycles.